The number of hydrogen-bond donors (Lipinski definition) is 1. The largest absolute Gasteiger partial charge is 0.352 e. The van der Waals surface area contributed by atoms with Crippen LogP contribution in [0.1, 0.15) is 5.56 Å². The molecule has 0 atom stereocenters. The summed E-state index contributed by atoms with van der Waals surface area (Å²) < 4.78 is 3.15. The molecular formula is C18H18BrN3S. The van der Waals surface area contributed by atoms with Gasteiger partial charge < -0.3 is 9.88 Å². The van der Waals surface area contributed by atoms with Gasteiger partial charge in [-0.3, -0.25) is 0 Å². The molecule has 0 radical (unpaired) electrons. The number of rotatable bonds is 5. The number of anilines is 1. The summed E-state index contributed by atoms with van der Waals surface area (Å²) in [7, 11) is 2.03. The molecule has 0 saturated carbocycles. The topological polar surface area (TPSA) is 29.9 Å². The molecular weight excluding hydrogens is 370 g/mol. The smallest absolute Gasteiger partial charge is 0.203 e. The third kappa shape index (κ3) is 3.79. The monoisotopic (exact) mass is 387 g/mol. The molecule has 3 aromatic rings. The maximum atomic E-state index is 4.50. The van der Waals surface area contributed by atoms with E-state index in [1.165, 1.54) is 10.5 Å². The first-order valence-corrected chi connectivity index (χ1v) is 9.33. The Morgan fingerprint density at radius 3 is 2.65 bits per heavy atom. The molecule has 1 N–H and O–H groups in total. The van der Waals surface area contributed by atoms with E-state index < -0.39 is 0 Å². The fourth-order valence-corrected chi connectivity index (χ4v) is 3.22. The second kappa shape index (κ2) is 7.23. The summed E-state index contributed by atoms with van der Waals surface area (Å²) in [5.41, 5.74) is 3.48. The molecule has 0 aliphatic heterocycles. The summed E-state index contributed by atoms with van der Waals surface area (Å²) in [4.78, 5) is 5.78. The van der Waals surface area contributed by atoms with Crippen LogP contribution in [0, 0.1) is 0 Å². The SMILES string of the molecule is CSc1ccc(CNc2ncc(-c3cccc(Br)c3)n2C)cc1. The van der Waals surface area contributed by atoms with Crippen molar-refractivity contribution >= 4 is 33.6 Å². The summed E-state index contributed by atoms with van der Waals surface area (Å²) in [6.07, 6.45) is 3.99. The number of thioether (sulfide) groups is 1. The van der Waals surface area contributed by atoms with E-state index in [-0.39, 0.29) is 0 Å². The van der Waals surface area contributed by atoms with Gasteiger partial charge in [0.25, 0.3) is 0 Å². The Morgan fingerprint density at radius 2 is 1.96 bits per heavy atom. The quantitative estimate of drug-likeness (QED) is 0.611. The second-order valence-corrected chi connectivity index (χ2v) is 7.03. The van der Waals surface area contributed by atoms with Gasteiger partial charge in [-0.15, -0.1) is 11.8 Å². The van der Waals surface area contributed by atoms with Gasteiger partial charge in [-0.25, -0.2) is 4.98 Å². The number of nitrogens with zero attached hydrogens (tertiary/aromatic N) is 2. The zero-order chi connectivity index (χ0) is 16.2. The van der Waals surface area contributed by atoms with E-state index in [9.17, 15) is 0 Å². The first-order valence-electron chi connectivity index (χ1n) is 7.32. The van der Waals surface area contributed by atoms with Crippen LogP contribution in [-0.4, -0.2) is 15.8 Å². The van der Waals surface area contributed by atoms with Crippen LogP contribution in [0.15, 0.2) is 64.1 Å². The molecule has 0 aliphatic rings. The second-order valence-electron chi connectivity index (χ2n) is 5.24. The highest BCUT2D eigenvalue weighted by molar-refractivity contribution is 9.10. The highest BCUT2D eigenvalue weighted by Gasteiger charge is 2.08. The van der Waals surface area contributed by atoms with Crippen LogP contribution in [0.5, 0.6) is 0 Å². The lowest BCUT2D eigenvalue weighted by Crippen LogP contribution is -2.05. The predicted octanol–water partition coefficient (Wildman–Crippen LogP) is 5.18. The van der Waals surface area contributed by atoms with Crippen molar-refractivity contribution in [2.24, 2.45) is 7.05 Å². The average molecular weight is 388 g/mol. The Morgan fingerprint density at radius 1 is 1.17 bits per heavy atom. The van der Waals surface area contributed by atoms with Crippen LogP contribution in [0.4, 0.5) is 5.95 Å². The highest BCUT2D eigenvalue weighted by atomic mass is 79.9. The Bertz CT molecular complexity index is 796. The number of benzene rings is 2. The Balaban J connectivity index is 1.74. The van der Waals surface area contributed by atoms with Crippen LogP contribution in [0.25, 0.3) is 11.3 Å². The average Bonchev–Trinajstić information content (AvgIpc) is 2.94. The molecule has 3 nitrogen and oxygen atoms in total. The molecule has 0 spiro atoms. The van der Waals surface area contributed by atoms with E-state index in [0.717, 1.165) is 28.2 Å². The normalized spacial score (nSPS) is 10.7. The van der Waals surface area contributed by atoms with Gasteiger partial charge in [0, 0.05) is 28.5 Å². The van der Waals surface area contributed by atoms with Gasteiger partial charge in [-0.05, 0) is 36.1 Å². The van der Waals surface area contributed by atoms with Crippen molar-refractivity contribution in [1.82, 2.24) is 9.55 Å². The van der Waals surface area contributed by atoms with E-state index in [2.05, 4.69) is 73.5 Å². The van der Waals surface area contributed by atoms with E-state index in [0.29, 0.717) is 0 Å². The molecule has 0 saturated heterocycles. The molecule has 2 aromatic carbocycles. The van der Waals surface area contributed by atoms with Crippen molar-refractivity contribution < 1.29 is 0 Å². The first-order chi connectivity index (χ1) is 11.2. The maximum absolute atomic E-state index is 4.50. The minimum absolute atomic E-state index is 0.761. The number of halogens is 1. The third-order valence-corrected chi connectivity index (χ3v) is 4.96. The zero-order valence-corrected chi connectivity index (χ0v) is 15.5. The Labute approximate surface area is 149 Å². The van der Waals surface area contributed by atoms with Gasteiger partial charge in [-0.1, -0.05) is 40.2 Å². The Kier molecular flexibility index (Phi) is 5.08. The van der Waals surface area contributed by atoms with Crippen molar-refractivity contribution in [3.05, 3.63) is 64.8 Å². The van der Waals surface area contributed by atoms with Gasteiger partial charge >= 0.3 is 0 Å². The number of imidazole rings is 1. The molecule has 118 valence electrons. The third-order valence-electron chi connectivity index (χ3n) is 3.72. The lowest BCUT2D eigenvalue weighted by molar-refractivity contribution is 0.906. The summed E-state index contributed by atoms with van der Waals surface area (Å²) >= 11 is 5.27. The summed E-state index contributed by atoms with van der Waals surface area (Å²) in [6.45, 7) is 0.761. The molecule has 5 heteroatoms. The predicted molar refractivity (Wildman–Crippen MR) is 102 cm³/mol. The number of hydrogen-bond acceptors (Lipinski definition) is 3. The number of aromatic nitrogens is 2. The molecule has 0 bridgehead atoms. The van der Waals surface area contributed by atoms with E-state index in [1.807, 2.05) is 25.4 Å². The van der Waals surface area contributed by atoms with Gasteiger partial charge in [-0.2, -0.15) is 0 Å². The first kappa shape index (κ1) is 16.1. The van der Waals surface area contributed by atoms with Gasteiger partial charge in [0.1, 0.15) is 0 Å². The standard InChI is InChI=1S/C18H18BrN3S/c1-22-17(14-4-3-5-15(19)10-14)12-21-18(22)20-11-13-6-8-16(23-2)9-7-13/h3-10,12H,11H2,1-2H3,(H,20,21). The van der Waals surface area contributed by atoms with Crippen LogP contribution >= 0.6 is 27.7 Å². The summed E-state index contributed by atoms with van der Waals surface area (Å²) in [5.74, 6) is 0.869. The van der Waals surface area contributed by atoms with Gasteiger partial charge in [0.05, 0.1) is 11.9 Å². The van der Waals surface area contributed by atoms with Crippen LogP contribution in [0.3, 0.4) is 0 Å². The zero-order valence-electron chi connectivity index (χ0n) is 13.1. The minimum atomic E-state index is 0.761. The molecule has 0 aliphatic carbocycles. The van der Waals surface area contributed by atoms with Crippen molar-refractivity contribution in [3.8, 4) is 11.3 Å². The van der Waals surface area contributed by atoms with Crippen molar-refractivity contribution in [2.45, 2.75) is 11.4 Å². The maximum Gasteiger partial charge on any atom is 0.203 e. The lowest BCUT2D eigenvalue weighted by atomic mass is 10.2. The van der Waals surface area contributed by atoms with Gasteiger partial charge in [0.15, 0.2) is 0 Å². The van der Waals surface area contributed by atoms with Crippen LogP contribution in [0.2, 0.25) is 0 Å². The molecule has 1 aromatic heterocycles. The molecule has 23 heavy (non-hydrogen) atoms. The molecule has 1 heterocycles. The molecule has 0 unspecified atom stereocenters. The van der Waals surface area contributed by atoms with Crippen LogP contribution in [-0.2, 0) is 13.6 Å². The fourth-order valence-electron chi connectivity index (χ4n) is 2.41. The van der Waals surface area contributed by atoms with Gasteiger partial charge in [0.2, 0.25) is 5.95 Å². The molecule has 0 amide bonds. The highest BCUT2D eigenvalue weighted by Crippen LogP contribution is 2.25. The summed E-state index contributed by atoms with van der Waals surface area (Å²) in [6, 6.07) is 16.8. The molecule has 3 rings (SSSR count). The van der Waals surface area contributed by atoms with Crippen molar-refractivity contribution in [3.63, 3.8) is 0 Å². The van der Waals surface area contributed by atoms with E-state index in [4.69, 9.17) is 0 Å². The van der Waals surface area contributed by atoms with E-state index >= 15 is 0 Å². The Hall–Kier alpha value is -1.72. The van der Waals surface area contributed by atoms with Crippen LogP contribution < -0.4 is 5.32 Å². The van der Waals surface area contributed by atoms with E-state index in [1.54, 1.807) is 11.8 Å². The fraction of sp³-hybridized carbons (Fsp3) is 0.167. The number of nitrogens with one attached hydrogen (secondary N) is 1. The minimum Gasteiger partial charge on any atom is -0.352 e. The molecule has 0 fully saturated rings. The summed E-state index contributed by atoms with van der Waals surface area (Å²) in [5, 5.41) is 3.40. The lowest BCUT2D eigenvalue weighted by Gasteiger charge is -2.09. The van der Waals surface area contributed by atoms with Crippen molar-refractivity contribution in [2.75, 3.05) is 11.6 Å². The van der Waals surface area contributed by atoms with Crippen molar-refractivity contribution in [1.29, 1.82) is 0 Å².